The number of rotatable bonds is 5. The van der Waals surface area contributed by atoms with Crippen LogP contribution >= 0.6 is 11.6 Å². The van der Waals surface area contributed by atoms with Gasteiger partial charge in [-0.2, -0.15) is 4.98 Å². The first-order valence-electron chi connectivity index (χ1n) is 10.4. The Morgan fingerprint density at radius 3 is 2.74 bits per heavy atom. The van der Waals surface area contributed by atoms with Crippen LogP contribution in [0.25, 0.3) is 0 Å². The smallest absolute Gasteiger partial charge is 0.330 e. The summed E-state index contributed by atoms with van der Waals surface area (Å²) < 4.78 is 20.0. The number of urea groups is 1. The summed E-state index contributed by atoms with van der Waals surface area (Å²) in [5, 5.41) is 3.49. The summed E-state index contributed by atoms with van der Waals surface area (Å²) in [6, 6.07) is 3.05. The number of nitrogens with zero attached hydrogens (tertiary/aromatic N) is 4. The number of aromatic nitrogens is 2. The maximum Gasteiger partial charge on any atom is 0.330 e. The molecule has 0 spiro atoms. The summed E-state index contributed by atoms with van der Waals surface area (Å²) in [5.74, 6) is 0.333. The van der Waals surface area contributed by atoms with Gasteiger partial charge in [0.2, 0.25) is 5.95 Å². The van der Waals surface area contributed by atoms with Gasteiger partial charge in [-0.15, -0.1) is 0 Å². The Labute approximate surface area is 185 Å². The molecule has 2 heterocycles. The standard InChI is InChI=1S/C21H26ClFN6O2/c1-3-28-19-12(10-25-20(27-19)26-14-6-4-13(24)5-7-14)11-29(21(28)30)18-15(22)8-9-16(31-2)17(18)23/h8-10,13-14H,3-7,11,24H2,1-2H3,(H,25,26,27). The Morgan fingerprint density at radius 2 is 2.06 bits per heavy atom. The van der Waals surface area contributed by atoms with Crippen molar-refractivity contribution in [1.29, 1.82) is 0 Å². The monoisotopic (exact) mass is 448 g/mol. The molecule has 0 bridgehead atoms. The van der Waals surface area contributed by atoms with E-state index in [1.54, 1.807) is 6.20 Å². The molecule has 1 aliphatic carbocycles. The summed E-state index contributed by atoms with van der Waals surface area (Å²) >= 11 is 6.26. The van der Waals surface area contributed by atoms with Gasteiger partial charge in [0.05, 0.1) is 18.7 Å². The number of fused-ring (bicyclic) bond motifs is 1. The number of benzene rings is 1. The van der Waals surface area contributed by atoms with Gasteiger partial charge in [0.25, 0.3) is 0 Å². The van der Waals surface area contributed by atoms with Crippen LogP contribution in [-0.2, 0) is 6.54 Å². The zero-order valence-corrected chi connectivity index (χ0v) is 18.3. The van der Waals surface area contributed by atoms with E-state index >= 15 is 0 Å². The fraction of sp³-hybridized carbons (Fsp3) is 0.476. The van der Waals surface area contributed by atoms with Crippen LogP contribution in [0.4, 0.5) is 26.6 Å². The second kappa shape index (κ2) is 8.84. The van der Waals surface area contributed by atoms with E-state index in [4.69, 9.17) is 22.1 Å². The lowest BCUT2D eigenvalue weighted by Gasteiger charge is -2.36. The van der Waals surface area contributed by atoms with Gasteiger partial charge < -0.3 is 15.8 Å². The van der Waals surface area contributed by atoms with Gasteiger partial charge in [-0.05, 0) is 44.7 Å². The number of methoxy groups -OCH3 is 1. The summed E-state index contributed by atoms with van der Waals surface area (Å²) in [4.78, 5) is 25.1. The van der Waals surface area contributed by atoms with Crippen LogP contribution in [0.2, 0.25) is 5.02 Å². The number of anilines is 3. The highest BCUT2D eigenvalue weighted by Gasteiger charge is 2.35. The highest BCUT2D eigenvalue weighted by atomic mass is 35.5. The highest BCUT2D eigenvalue weighted by molar-refractivity contribution is 6.34. The van der Waals surface area contributed by atoms with Crippen LogP contribution in [0, 0.1) is 5.82 Å². The lowest BCUT2D eigenvalue weighted by Crippen LogP contribution is -2.48. The summed E-state index contributed by atoms with van der Waals surface area (Å²) in [7, 11) is 1.37. The molecule has 3 N–H and O–H groups in total. The first-order valence-corrected chi connectivity index (χ1v) is 10.8. The lowest BCUT2D eigenvalue weighted by molar-refractivity contribution is 0.250. The second-order valence-corrected chi connectivity index (χ2v) is 8.23. The third-order valence-electron chi connectivity index (χ3n) is 5.83. The number of hydrogen-bond donors (Lipinski definition) is 2. The molecule has 1 aromatic carbocycles. The van der Waals surface area contributed by atoms with Gasteiger partial charge in [0.1, 0.15) is 11.5 Å². The fourth-order valence-electron chi connectivity index (χ4n) is 4.12. The molecule has 1 aliphatic heterocycles. The van der Waals surface area contributed by atoms with Crippen molar-refractivity contribution in [2.24, 2.45) is 5.73 Å². The molecule has 0 saturated heterocycles. The van der Waals surface area contributed by atoms with Crippen LogP contribution in [0.3, 0.4) is 0 Å². The molecule has 31 heavy (non-hydrogen) atoms. The van der Waals surface area contributed by atoms with E-state index in [0.29, 0.717) is 23.9 Å². The largest absolute Gasteiger partial charge is 0.494 e. The average molecular weight is 449 g/mol. The normalized spacial score (nSPS) is 21.1. The average Bonchev–Trinajstić information content (AvgIpc) is 2.76. The third-order valence-corrected chi connectivity index (χ3v) is 6.14. The Morgan fingerprint density at radius 1 is 1.32 bits per heavy atom. The van der Waals surface area contributed by atoms with Crippen molar-refractivity contribution < 1.29 is 13.9 Å². The molecule has 4 rings (SSSR count). The molecule has 2 aromatic rings. The van der Waals surface area contributed by atoms with E-state index in [1.165, 1.54) is 29.0 Å². The minimum absolute atomic E-state index is 0.0176. The van der Waals surface area contributed by atoms with E-state index in [0.717, 1.165) is 25.7 Å². The SMILES string of the molecule is CCN1C(=O)N(c2c(Cl)ccc(OC)c2F)Cc2cnc(NC3CCC(N)CC3)nc21. The number of halogens is 2. The number of nitrogens with one attached hydrogen (secondary N) is 1. The van der Waals surface area contributed by atoms with Crippen LogP contribution in [-0.4, -0.2) is 41.7 Å². The third kappa shape index (κ3) is 4.12. The zero-order chi connectivity index (χ0) is 22.1. The zero-order valence-electron chi connectivity index (χ0n) is 17.6. The molecule has 8 nitrogen and oxygen atoms in total. The quantitative estimate of drug-likeness (QED) is 0.719. The summed E-state index contributed by atoms with van der Waals surface area (Å²) in [6.45, 7) is 2.31. The van der Waals surface area contributed by atoms with E-state index in [1.807, 2.05) is 6.92 Å². The van der Waals surface area contributed by atoms with Crippen LogP contribution in [0.5, 0.6) is 5.75 Å². The minimum atomic E-state index is -0.683. The summed E-state index contributed by atoms with van der Waals surface area (Å²) in [6.07, 6.45) is 5.51. The van der Waals surface area contributed by atoms with Gasteiger partial charge >= 0.3 is 6.03 Å². The molecule has 0 unspecified atom stereocenters. The maximum absolute atomic E-state index is 15.0. The van der Waals surface area contributed by atoms with E-state index < -0.39 is 11.8 Å². The molecular weight excluding hydrogens is 423 g/mol. The Hall–Kier alpha value is -2.65. The number of carbonyl (C=O) groups excluding carboxylic acids is 1. The van der Waals surface area contributed by atoms with E-state index in [2.05, 4.69) is 15.3 Å². The van der Waals surface area contributed by atoms with Crippen molar-refractivity contribution in [3.8, 4) is 5.75 Å². The first-order chi connectivity index (χ1) is 14.9. The minimum Gasteiger partial charge on any atom is -0.494 e. The lowest BCUT2D eigenvalue weighted by atomic mass is 9.92. The molecule has 0 atom stereocenters. The van der Waals surface area contributed by atoms with Crippen LogP contribution < -0.4 is 25.6 Å². The molecule has 1 fully saturated rings. The van der Waals surface area contributed by atoms with Gasteiger partial charge in [-0.3, -0.25) is 9.80 Å². The summed E-state index contributed by atoms with van der Waals surface area (Å²) in [5.41, 5.74) is 6.67. The van der Waals surface area contributed by atoms with Gasteiger partial charge in [-0.25, -0.2) is 14.2 Å². The molecule has 2 amide bonds. The fourth-order valence-corrected chi connectivity index (χ4v) is 4.37. The molecule has 0 radical (unpaired) electrons. The topological polar surface area (TPSA) is 96.6 Å². The molecule has 10 heteroatoms. The number of amides is 2. The van der Waals surface area contributed by atoms with Gasteiger partial charge in [0.15, 0.2) is 11.6 Å². The predicted molar refractivity (Wildman–Crippen MR) is 118 cm³/mol. The Kier molecular flexibility index (Phi) is 6.15. The molecule has 1 saturated carbocycles. The number of ether oxygens (including phenoxy) is 1. The van der Waals surface area contributed by atoms with Gasteiger partial charge in [-0.1, -0.05) is 11.6 Å². The van der Waals surface area contributed by atoms with Crippen molar-refractivity contribution in [3.05, 3.63) is 34.7 Å². The van der Waals surface area contributed by atoms with Crippen molar-refractivity contribution in [1.82, 2.24) is 9.97 Å². The number of nitrogens with two attached hydrogens (primary N) is 1. The van der Waals surface area contributed by atoms with E-state index in [-0.39, 0.29) is 35.1 Å². The molecule has 2 aliphatic rings. The van der Waals surface area contributed by atoms with Crippen molar-refractivity contribution in [3.63, 3.8) is 0 Å². The first kappa shape index (κ1) is 21.6. The van der Waals surface area contributed by atoms with Crippen LogP contribution in [0.15, 0.2) is 18.3 Å². The number of hydrogen-bond acceptors (Lipinski definition) is 6. The van der Waals surface area contributed by atoms with Crippen molar-refractivity contribution >= 4 is 35.1 Å². The Balaban J connectivity index is 1.64. The van der Waals surface area contributed by atoms with Gasteiger partial charge in [0, 0.05) is 30.4 Å². The molecular formula is C21H26ClFN6O2. The molecule has 1 aromatic heterocycles. The Bertz CT molecular complexity index is 983. The van der Waals surface area contributed by atoms with Crippen molar-refractivity contribution in [2.45, 2.75) is 51.2 Å². The van der Waals surface area contributed by atoms with Crippen LogP contribution in [0.1, 0.15) is 38.2 Å². The molecule has 166 valence electrons. The van der Waals surface area contributed by atoms with Crippen molar-refractivity contribution in [2.75, 3.05) is 28.8 Å². The maximum atomic E-state index is 15.0. The predicted octanol–water partition coefficient (Wildman–Crippen LogP) is 3.93. The second-order valence-electron chi connectivity index (χ2n) is 7.82. The highest BCUT2D eigenvalue weighted by Crippen LogP contribution is 2.39. The van der Waals surface area contributed by atoms with E-state index in [9.17, 15) is 9.18 Å². The number of carbonyl (C=O) groups is 1.